The van der Waals surface area contributed by atoms with Crippen LogP contribution in [0.3, 0.4) is 0 Å². The summed E-state index contributed by atoms with van der Waals surface area (Å²) < 4.78 is 21.5. The Kier molecular flexibility index (Phi) is 6.83. The Bertz CT molecular complexity index is 911. The molecule has 2 aliphatic rings. The molecule has 1 saturated heterocycles. The summed E-state index contributed by atoms with van der Waals surface area (Å²) in [7, 11) is -2.84. The fourth-order valence-corrected chi connectivity index (χ4v) is 5.41. The van der Waals surface area contributed by atoms with Gasteiger partial charge in [-0.15, -0.1) is 0 Å². The number of rotatable bonds is 4. The number of hydrogen-bond donors (Lipinski definition) is 2. The molecule has 0 spiro atoms. The van der Waals surface area contributed by atoms with Crippen LogP contribution >= 0.6 is 0 Å². The third-order valence-corrected chi connectivity index (χ3v) is 7.06. The molecule has 0 bridgehead atoms. The second kappa shape index (κ2) is 9.32. The molecule has 1 amide bonds. The Morgan fingerprint density at radius 2 is 1.89 bits per heavy atom. The van der Waals surface area contributed by atoms with E-state index in [1.807, 2.05) is 6.20 Å². The Hall–Kier alpha value is -2.22. The minimum absolute atomic E-state index is 0.103. The van der Waals surface area contributed by atoms with Crippen LogP contribution in [-0.2, 0) is 14.6 Å². The molecule has 1 aliphatic heterocycles. The smallest absolute Gasteiger partial charge is 0.223 e. The summed E-state index contributed by atoms with van der Waals surface area (Å²) >= 11 is 0. The fourth-order valence-electron chi connectivity index (χ4n) is 3.73. The SMILES string of the molecule is Cc1cccc2cnc(NC3CCCCC3)nc12.O=CNC1CCS(=O)(=O)C1. The Morgan fingerprint density at radius 3 is 2.57 bits per heavy atom. The molecule has 1 unspecified atom stereocenters. The first-order valence-electron chi connectivity index (χ1n) is 9.86. The molecule has 7 nitrogen and oxygen atoms in total. The summed E-state index contributed by atoms with van der Waals surface area (Å²) in [6.07, 6.45) is 9.53. The second-order valence-corrected chi connectivity index (χ2v) is 9.80. The predicted molar refractivity (Wildman–Crippen MR) is 111 cm³/mol. The number of aromatic nitrogens is 2. The monoisotopic (exact) mass is 404 g/mol. The third kappa shape index (κ3) is 5.64. The van der Waals surface area contributed by atoms with E-state index in [4.69, 9.17) is 0 Å². The van der Waals surface area contributed by atoms with Gasteiger partial charge in [-0.25, -0.2) is 18.4 Å². The number of nitrogens with one attached hydrogen (secondary N) is 2. The topological polar surface area (TPSA) is 101 Å². The normalized spacial score (nSPS) is 21.5. The zero-order valence-corrected chi connectivity index (χ0v) is 17.0. The zero-order chi connectivity index (χ0) is 20.0. The highest BCUT2D eigenvalue weighted by Gasteiger charge is 2.26. The van der Waals surface area contributed by atoms with E-state index < -0.39 is 9.84 Å². The van der Waals surface area contributed by atoms with Gasteiger partial charge in [-0.05, 0) is 31.7 Å². The molecule has 4 rings (SSSR count). The standard InChI is InChI=1S/C15H19N3.C5H9NO3S/c1-11-6-5-7-12-10-16-15(18-14(11)12)17-13-8-3-2-4-9-13;7-4-6-5-1-2-10(8,9)3-5/h5-7,10,13H,2-4,8-9H2,1H3,(H,16,17,18);4-5H,1-3H2,(H,6,7). The summed E-state index contributed by atoms with van der Waals surface area (Å²) in [6.45, 7) is 2.10. The molecule has 1 atom stereocenters. The lowest BCUT2D eigenvalue weighted by atomic mass is 9.96. The van der Waals surface area contributed by atoms with Crippen LogP contribution in [0.25, 0.3) is 10.9 Å². The van der Waals surface area contributed by atoms with E-state index in [-0.39, 0.29) is 17.5 Å². The van der Waals surface area contributed by atoms with Crippen LogP contribution in [-0.4, -0.2) is 48.4 Å². The van der Waals surface area contributed by atoms with Gasteiger partial charge in [0.1, 0.15) is 0 Å². The van der Waals surface area contributed by atoms with E-state index in [2.05, 4.69) is 45.7 Å². The molecule has 8 heteroatoms. The summed E-state index contributed by atoms with van der Waals surface area (Å²) in [5.74, 6) is 1.09. The van der Waals surface area contributed by atoms with E-state index in [9.17, 15) is 13.2 Å². The lowest BCUT2D eigenvalue weighted by molar-refractivity contribution is -0.110. The van der Waals surface area contributed by atoms with E-state index in [0.29, 0.717) is 18.9 Å². The van der Waals surface area contributed by atoms with Crippen LogP contribution in [0, 0.1) is 6.92 Å². The number of benzene rings is 1. The van der Waals surface area contributed by atoms with Gasteiger partial charge in [-0.1, -0.05) is 37.5 Å². The highest BCUT2D eigenvalue weighted by molar-refractivity contribution is 7.91. The summed E-state index contributed by atoms with van der Waals surface area (Å²) in [5.41, 5.74) is 2.27. The van der Waals surface area contributed by atoms with E-state index in [0.717, 1.165) is 16.9 Å². The van der Waals surface area contributed by atoms with Crippen molar-refractivity contribution in [2.24, 2.45) is 0 Å². The molecule has 1 aliphatic carbocycles. The van der Waals surface area contributed by atoms with Crippen LogP contribution in [0.4, 0.5) is 5.95 Å². The van der Waals surface area contributed by atoms with Crippen molar-refractivity contribution in [1.82, 2.24) is 15.3 Å². The Morgan fingerprint density at radius 1 is 1.11 bits per heavy atom. The van der Waals surface area contributed by atoms with Crippen LogP contribution in [0.1, 0.15) is 44.1 Å². The first-order valence-corrected chi connectivity index (χ1v) is 11.7. The van der Waals surface area contributed by atoms with Crippen molar-refractivity contribution in [2.75, 3.05) is 16.8 Å². The highest BCUT2D eigenvalue weighted by Crippen LogP contribution is 2.22. The van der Waals surface area contributed by atoms with Crippen LogP contribution < -0.4 is 10.6 Å². The maximum absolute atomic E-state index is 10.8. The highest BCUT2D eigenvalue weighted by atomic mass is 32.2. The summed E-state index contributed by atoms with van der Waals surface area (Å²) in [6, 6.07) is 6.62. The average Bonchev–Trinajstić information content (AvgIpc) is 3.03. The van der Waals surface area contributed by atoms with Crippen LogP contribution in [0.2, 0.25) is 0 Å². The Balaban J connectivity index is 0.000000192. The molecule has 1 aromatic heterocycles. The number of amides is 1. The van der Waals surface area contributed by atoms with Gasteiger partial charge in [0.15, 0.2) is 9.84 Å². The maximum Gasteiger partial charge on any atom is 0.223 e. The maximum atomic E-state index is 10.8. The quantitative estimate of drug-likeness (QED) is 0.760. The van der Waals surface area contributed by atoms with Gasteiger partial charge in [-0.3, -0.25) is 4.79 Å². The van der Waals surface area contributed by atoms with Gasteiger partial charge < -0.3 is 10.6 Å². The number of sulfone groups is 1. The molecule has 1 saturated carbocycles. The minimum Gasteiger partial charge on any atom is -0.355 e. The first kappa shape index (κ1) is 20.5. The van der Waals surface area contributed by atoms with Crippen molar-refractivity contribution in [3.63, 3.8) is 0 Å². The molecular formula is C20H28N4O3S. The first-order chi connectivity index (χ1) is 13.5. The number of anilines is 1. The van der Waals surface area contributed by atoms with E-state index >= 15 is 0 Å². The number of aryl methyl sites for hydroxylation is 1. The van der Waals surface area contributed by atoms with Gasteiger partial charge in [0.25, 0.3) is 0 Å². The largest absolute Gasteiger partial charge is 0.355 e. The molecule has 2 aromatic rings. The number of para-hydroxylation sites is 1. The number of fused-ring (bicyclic) bond motifs is 1. The predicted octanol–water partition coefficient (Wildman–Crippen LogP) is 2.60. The second-order valence-electron chi connectivity index (χ2n) is 7.57. The van der Waals surface area contributed by atoms with Gasteiger partial charge in [0.05, 0.1) is 17.0 Å². The fraction of sp³-hybridized carbons (Fsp3) is 0.550. The molecule has 1 aromatic carbocycles. The van der Waals surface area contributed by atoms with Crippen molar-refractivity contribution in [1.29, 1.82) is 0 Å². The minimum atomic E-state index is -2.84. The molecule has 2 N–H and O–H groups in total. The number of nitrogens with zero attached hydrogens (tertiary/aromatic N) is 2. The molecular weight excluding hydrogens is 376 g/mol. The molecule has 2 heterocycles. The van der Waals surface area contributed by atoms with Crippen molar-refractivity contribution < 1.29 is 13.2 Å². The van der Waals surface area contributed by atoms with E-state index in [1.54, 1.807) is 0 Å². The van der Waals surface area contributed by atoms with Crippen molar-refractivity contribution in [3.05, 3.63) is 30.0 Å². The van der Waals surface area contributed by atoms with Crippen molar-refractivity contribution in [3.8, 4) is 0 Å². The van der Waals surface area contributed by atoms with Crippen molar-refractivity contribution >= 4 is 33.1 Å². The van der Waals surface area contributed by atoms with Gasteiger partial charge in [0.2, 0.25) is 12.4 Å². The van der Waals surface area contributed by atoms with Gasteiger partial charge in [-0.2, -0.15) is 0 Å². The van der Waals surface area contributed by atoms with Gasteiger partial charge in [0, 0.05) is 23.7 Å². The lowest BCUT2D eigenvalue weighted by Gasteiger charge is -2.22. The van der Waals surface area contributed by atoms with Gasteiger partial charge >= 0.3 is 0 Å². The third-order valence-electron chi connectivity index (χ3n) is 5.29. The molecule has 152 valence electrons. The summed E-state index contributed by atoms with van der Waals surface area (Å²) in [4.78, 5) is 18.9. The van der Waals surface area contributed by atoms with Crippen LogP contribution in [0.5, 0.6) is 0 Å². The van der Waals surface area contributed by atoms with Crippen LogP contribution in [0.15, 0.2) is 24.4 Å². The average molecular weight is 405 g/mol. The molecule has 0 radical (unpaired) electrons. The number of carbonyl (C=O) groups excluding carboxylic acids is 1. The number of hydrogen-bond acceptors (Lipinski definition) is 6. The Labute approximate surface area is 166 Å². The zero-order valence-electron chi connectivity index (χ0n) is 16.2. The lowest BCUT2D eigenvalue weighted by Crippen LogP contribution is -2.28. The van der Waals surface area contributed by atoms with Crippen molar-refractivity contribution in [2.45, 2.75) is 57.5 Å². The molecule has 28 heavy (non-hydrogen) atoms. The summed E-state index contributed by atoms with van der Waals surface area (Å²) in [5, 5.41) is 7.03. The number of carbonyl (C=O) groups is 1. The van der Waals surface area contributed by atoms with E-state index in [1.165, 1.54) is 37.7 Å². The molecule has 2 fully saturated rings.